The number of hydrogen-bond donors (Lipinski definition) is 0. The van der Waals surface area contributed by atoms with E-state index in [1.54, 1.807) is 6.07 Å². The Balaban J connectivity index is 2.69. The van der Waals surface area contributed by atoms with Gasteiger partial charge in [0.1, 0.15) is 0 Å². The maximum atomic E-state index is 12.0. The molecule has 0 fully saturated rings. The molecule has 22 heavy (non-hydrogen) atoms. The predicted molar refractivity (Wildman–Crippen MR) is 69.7 cm³/mol. The topological polar surface area (TPSA) is 80.8 Å². The average Bonchev–Trinajstić information content (AvgIpc) is 2.44. The Morgan fingerprint density at radius 3 is 2.45 bits per heavy atom. The van der Waals surface area contributed by atoms with Crippen LogP contribution in [0.25, 0.3) is 0 Å². The molecule has 1 aromatic rings. The van der Waals surface area contributed by atoms with Crippen LogP contribution in [0, 0.1) is 0 Å². The van der Waals surface area contributed by atoms with Gasteiger partial charge in [-0.2, -0.15) is 21.6 Å². The summed E-state index contributed by atoms with van der Waals surface area (Å²) in [5, 5.41) is 0. The Bertz CT molecular complexity index is 657. The highest BCUT2D eigenvalue weighted by Gasteiger charge is 2.47. The molecule has 0 heterocycles. The molecule has 0 aliphatic heterocycles. The number of benzene rings is 1. The van der Waals surface area contributed by atoms with Crippen molar-refractivity contribution in [2.24, 2.45) is 0 Å². The van der Waals surface area contributed by atoms with Crippen molar-refractivity contribution in [1.82, 2.24) is 4.90 Å². The number of hydrogen-bond acceptors (Lipinski definition) is 5. The normalized spacial score (nSPS) is 12.0. The third kappa shape index (κ3) is 4.28. The molecule has 0 unspecified atom stereocenters. The fraction of sp³-hybridized carbons (Fsp3) is 0.333. The van der Waals surface area contributed by atoms with Crippen LogP contribution in [0.3, 0.4) is 0 Å². The van der Waals surface area contributed by atoms with Crippen LogP contribution in [0.15, 0.2) is 24.3 Å². The highest BCUT2D eigenvalue weighted by Crippen LogP contribution is 2.24. The van der Waals surface area contributed by atoms with E-state index in [0.717, 1.165) is 4.90 Å². The minimum atomic E-state index is -5.69. The van der Waals surface area contributed by atoms with Gasteiger partial charge in [-0.15, -0.1) is 0 Å². The van der Waals surface area contributed by atoms with Crippen LogP contribution < -0.4 is 0 Å². The molecule has 0 saturated carbocycles. The maximum absolute atomic E-state index is 12.0. The molecular weight excluding hydrogens is 327 g/mol. The molecule has 1 aromatic carbocycles. The van der Waals surface area contributed by atoms with Gasteiger partial charge >= 0.3 is 15.6 Å². The van der Waals surface area contributed by atoms with E-state index < -0.39 is 34.7 Å². The number of carbonyl (C=O) groups is 2. The lowest BCUT2D eigenvalue weighted by molar-refractivity contribution is -0.0543. The Labute approximate surface area is 124 Å². The zero-order valence-corrected chi connectivity index (χ0v) is 12.1. The first-order chi connectivity index (χ1) is 10.1. The minimum Gasteiger partial charge on any atom is -0.339 e. The second-order valence-electron chi connectivity index (χ2n) is 4.15. The number of alkyl halides is 3. The van der Waals surface area contributed by atoms with Crippen molar-refractivity contribution in [2.75, 3.05) is 20.2 Å². The van der Waals surface area contributed by atoms with E-state index in [1.165, 1.54) is 25.2 Å². The Hall–Kier alpha value is -1.94. The van der Waals surface area contributed by atoms with Crippen LogP contribution in [-0.4, -0.2) is 51.2 Å². The van der Waals surface area contributed by atoms with Crippen molar-refractivity contribution in [1.29, 1.82) is 0 Å². The van der Waals surface area contributed by atoms with E-state index in [0.29, 0.717) is 6.29 Å². The zero-order chi connectivity index (χ0) is 17.0. The predicted octanol–water partition coefficient (Wildman–Crippen LogP) is 1.44. The third-order valence-electron chi connectivity index (χ3n) is 2.61. The largest absolute Gasteiger partial charge is 0.523 e. The standard InChI is InChI=1S/C12H12F3NO5S/c1-16(6-7-21-22(19,20)12(13,14)15)11(18)10-5-3-2-4-9(10)8-17/h2-5,8H,6-7H2,1H3. The van der Waals surface area contributed by atoms with Crippen molar-refractivity contribution >= 4 is 22.3 Å². The van der Waals surface area contributed by atoms with Crippen LogP contribution in [0.1, 0.15) is 20.7 Å². The number of nitrogens with zero attached hydrogens (tertiary/aromatic N) is 1. The molecule has 0 N–H and O–H groups in total. The van der Waals surface area contributed by atoms with E-state index in [9.17, 15) is 31.2 Å². The molecule has 122 valence electrons. The molecule has 6 nitrogen and oxygen atoms in total. The van der Waals surface area contributed by atoms with Crippen molar-refractivity contribution in [3.8, 4) is 0 Å². The molecule has 0 bridgehead atoms. The van der Waals surface area contributed by atoms with Gasteiger partial charge in [-0.05, 0) is 6.07 Å². The number of halogens is 3. The molecule has 0 aliphatic carbocycles. The van der Waals surface area contributed by atoms with Gasteiger partial charge in [0.2, 0.25) is 0 Å². The highest BCUT2D eigenvalue weighted by atomic mass is 32.2. The third-order valence-corrected chi connectivity index (χ3v) is 3.66. The maximum Gasteiger partial charge on any atom is 0.523 e. The molecule has 10 heteroatoms. The number of aldehydes is 1. The van der Waals surface area contributed by atoms with Crippen molar-refractivity contribution in [3.05, 3.63) is 35.4 Å². The highest BCUT2D eigenvalue weighted by molar-refractivity contribution is 7.87. The van der Waals surface area contributed by atoms with Crippen molar-refractivity contribution in [2.45, 2.75) is 5.51 Å². The molecule has 1 amide bonds. The van der Waals surface area contributed by atoms with E-state index in [1.807, 2.05) is 0 Å². The lowest BCUT2D eigenvalue weighted by atomic mass is 10.1. The molecule has 0 saturated heterocycles. The second-order valence-corrected chi connectivity index (χ2v) is 5.76. The van der Waals surface area contributed by atoms with E-state index in [2.05, 4.69) is 4.18 Å². The summed E-state index contributed by atoms with van der Waals surface area (Å²) in [5.41, 5.74) is -5.35. The van der Waals surface area contributed by atoms with Gasteiger partial charge < -0.3 is 4.90 Å². The van der Waals surface area contributed by atoms with E-state index >= 15 is 0 Å². The van der Waals surface area contributed by atoms with Gasteiger partial charge in [0.15, 0.2) is 6.29 Å². The molecule has 1 rings (SSSR count). The summed E-state index contributed by atoms with van der Waals surface area (Å²) in [7, 11) is -4.45. The summed E-state index contributed by atoms with van der Waals surface area (Å²) in [4.78, 5) is 23.8. The van der Waals surface area contributed by atoms with Crippen LogP contribution in [-0.2, 0) is 14.3 Å². The van der Waals surface area contributed by atoms with E-state index in [-0.39, 0.29) is 11.1 Å². The van der Waals surface area contributed by atoms with Gasteiger partial charge in [-0.25, -0.2) is 0 Å². The molecule has 0 spiro atoms. The molecular formula is C12H12F3NO5S. The summed E-state index contributed by atoms with van der Waals surface area (Å²) in [6, 6.07) is 5.83. The van der Waals surface area contributed by atoms with Crippen LogP contribution in [0.5, 0.6) is 0 Å². The van der Waals surface area contributed by atoms with E-state index in [4.69, 9.17) is 0 Å². The summed E-state index contributed by atoms with van der Waals surface area (Å²) < 4.78 is 61.3. The first-order valence-corrected chi connectivity index (χ1v) is 7.26. The molecule has 0 radical (unpaired) electrons. The molecule has 0 aromatic heterocycles. The van der Waals surface area contributed by atoms with Gasteiger partial charge in [0, 0.05) is 19.2 Å². The number of amides is 1. The van der Waals surface area contributed by atoms with Gasteiger partial charge in [0.25, 0.3) is 5.91 Å². The summed E-state index contributed by atoms with van der Waals surface area (Å²) in [6.07, 6.45) is 0.464. The van der Waals surface area contributed by atoms with Gasteiger partial charge in [-0.1, -0.05) is 18.2 Å². The molecule has 0 aliphatic rings. The number of carbonyl (C=O) groups excluding carboxylic acids is 2. The quantitative estimate of drug-likeness (QED) is 0.445. The first kappa shape index (κ1) is 18.1. The fourth-order valence-corrected chi connectivity index (χ4v) is 1.88. The average molecular weight is 339 g/mol. The smallest absolute Gasteiger partial charge is 0.339 e. The summed E-state index contributed by atoms with van der Waals surface area (Å²) in [6.45, 7) is -1.26. The van der Waals surface area contributed by atoms with Crippen LogP contribution >= 0.6 is 0 Å². The zero-order valence-electron chi connectivity index (χ0n) is 11.3. The summed E-state index contributed by atoms with van der Waals surface area (Å²) in [5.74, 6) is -0.643. The summed E-state index contributed by atoms with van der Waals surface area (Å²) >= 11 is 0. The van der Waals surface area contributed by atoms with Crippen LogP contribution in [0.2, 0.25) is 0 Å². The molecule has 0 atom stereocenters. The second kappa shape index (κ2) is 6.88. The van der Waals surface area contributed by atoms with Crippen molar-refractivity contribution in [3.63, 3.8) is 0 Å². The lowest BCUT2D eigenvalue weighted by Crippen LogP contribution is -2.33. The van der Waals surface area contributed by atoms with Gasteiger partial charge in [0.05, 0.1) is 12.2 Å². The van der Waals surface area contributed by atoms with Gasteiger partial charge in [-0.3, -0.25) is 13.8 Å². The Morgan fingerprint density at radius 1 is 1.32 bits per heavy atom. The lowest BCUT2D eigenvalue weighted by Gasteiger charge is -2.18. The number of likely N-dealkylation sites (N-methyl/N-ethyl adjacent to an activating group) is 1. The fourth-order valence-electron chi connectivity index (χ4n) is 1.45. The van der Waals surface area contributed by atoms with Crippen LogP contribution in [0.4, 0.5) is 13.2 Å². The minimum absolute atomic E-state index is 0.0543. The first-order valence-electron chi connectivity index (χ1n) is 5.85. The van der Waals surface area contributed by atoms with Crippen molar-refractivity contribution < 1.29 is 35.4 Å². The Kier molecular flexibility index (Phi) is 5.66. The SMILES string of the molecule is CN(CCOS(=O)(=O)C(F)(F)F)C(=O)c1ccccc1C=O. The monoisotopic (exact) mass is 339 g/mol. The Morgan fingerprint density at radius 2 is 1.91 bits per heavy atom. The number of rotatable bonds is 6.